The second kappa shape index (κ2) is 59.8. The second-order valence-electron chi connectivity index (χ2n) is 26.9. The molecule has 17 nitrogen and oxygen atoms in total. The van der Waals surface area contributed by atoms with Gasteiger partial charge in [0.1, 0.15) is 19.3 Å². The van der Waals surface area contributed by atoms with Gasteiger partial charge in [0.2, 0.25) is 0 Å². The van der Waals surface area contributed by atoms with Gasteiger partial charge in [0, 0.05) is 25.7 Å². The first-order chi connectivity index (χ1) is 42.6. The van der Waals surface area contributed by atoms with Crippen molar-refractivity contribution in [1.29, 1.82) is 0 Å². The molecule has 0 radical (unpaired) electrons. The van der Waals surface area contributed by atoms with Gasteiger partial charge in [0.25, 0.3) is 0 Å². The molecule has 6 atom stereocenters. The predicted octanol–water partition coefficient (Wildman–Crippen LogP) is 19.7. The number of aliphatic hydroxyl groups excluding tert-OH is 1. The summed E-state index contributed by atoms with van der Waals surface area (Å²) in [6, 6.07) is 0. The van der Waals surface area contributed by atoms with E-state index in [1.807, 2.05) is 0 Å². The quantitative estimate of drug-likeness (QED) is 0.0222. The normalized spacial score (nSPS) is 14.6. The smallest absolute Gasteiger partial charge is 0.462 e. The Morgan fingerprint density at radius 3 is 0.798 bits per heavy atom. The molecule has 0 rings (SSSR count). The number of aliphatic hydroxyl groups is 1. The molecule has 3 unspecified atom stereocenters. The lowest BCUT2D eigenvalue weighted by Crippen LogP contribution is -2.30. The van der Waals surface area contributed by atoms with Gasteiger partial charge in [-0.05, 0) is 49.4 Å². The maximum atomic E-state index is 13.0. The van der Waals surface area contributed by atoms with E-state index in [1.165, 1.54) is 141 Å². The molecule has 0 bridgehead atoms. The highest BCUT2D eigenvalue weighted by Gasteiger charge is 2.30. The Balaban J connectivity index is 5.20. The minimum Gasteiger partial charge on any atom is -0.462 e. The Bertz CT molecular complexity index is 1770. The van der Waals surface area contributed by atoms with Gasteiger partial charge in [-0.25, -0.2) is 9.13 Å². The molecule has 0 heterocycles. The molecule has 0 amide bonds. The van der Waals surface area contributed by atoms with E-state index in [4.69, 9.17) is 37.0 Å². The van der Waals surface area contributed by atoms with Crippen molar-refractivity contribution in [3.63, 3.8) is 0 Å². The fraction of sp³-hybridized carbons (Fsp3) is 0.943. The van der Waals surface area contributed by atoms with E-state index in [9.17, 15) is 43.2 Å². The van der Waals surface area contributed by atoms with E-state index < -0.39 is 97.5 Å². The third-order valence-electron chi connectivity index (χ3n) is 16.4. The third-order valence-corrected chi connectivity index (χ3v) is 18.3. The predicted molar refractivity (Wildman–Crippen MR) is 358 cm³/mol. The zero-order chi connectivity index (χ0) is 66.1. The first-order valence-corrected chi connectivity index (χ1v) is 39.2. The number of rotatable bonds is 67. The summed E-state index contributed by atoms with van der Waals surface area (Å²) in [6.07, 6.45) is 41.9. The molecule has 3 N–H and O–H groups in total. The molecule has 19 heteroatoms. The van der Waals surface area contributed by atoms with Gasteiger partial charge in [0.15, 0.2) is 12.2 Å². The van der Waals surface area contributed by atoms with Gasteiger partial charge in [-0.2, -0.15) is 0 Å². The minimum absolute atomic E-state index is 0.101. The number of ether oxygens (including phenoxy) is 4. The number of unbranched alkanes of at least 4 members (excludes halogenated alkanes) is 32. The largest absolute Gasteiger partial charge is 0.472 e. The summed E-state index contributed by atoms with van der Waals surface area (Å²) in [5.74, 6) is 0.812. The van der Waals surface area contributed by atoms with Crippen molar-refractivity contribution < 1.29 is 80.2 Å². The van der Waals surface area contributed by atoms with Crippen molar-refractivity contribution >= 4 is 39.5 Å². The molecule has 89 heavy (non-hydrogen) atoms. The molecule has 0 saturated heterocycles. The number of carbonyl (C=O) groups is 4. The standard InChI is InChI=1S/C70H136O17P2/c1-9-63(8)49-41-33-27-29-35-43-51-68(73)81-57-65(86-69(74)52-44-36-25-20-16-14-12-10-11-13-15-18-22-30-38-46-60(2)3)58-84-88(76,77)82-54-64(71)55-83-89(78,79)85-59-66(87-70(75)53-45-37-28-26-32-40-48-62(6)7)56-80-67(72)50-42-34-24-21-17-19-23-31-39-47-61(4)5/h60-66,71H,9-59H2,1-8H3,(H,76,77)(H,78,79)/t63?,64-,65+,66+/m0/s1. The van der Waals surface area contributed by atoms with E-state index in [2.05, 4.69) is 55.4 Å². The zero-order valence-corrected chi connectivity index (χ0v) is 59.8. The molecule has 0 fully saturated rings. The van der Waals surface area contributed by atoms with Crippen molar-refractivity contribution in [3.8, 4) is 0 Å². The summed E-state index contributed by atoms with van der Waals surface area (Å²) in [4.78, 5) is 72.5. The molecular weight excluding hydrogens is 1170 g/mol. The molecule has 0 spiro atoms. The lowest BCUT2D eigenvalue weighted by molar-refractivity contribution is -0.161. The van der Waals surface area contributed by atoms with Crippen LogP contribution in [0.15, 0.2) is 0 Å². The lowest BCUT2D eigenvalue weighted by atomic mass is 10.00. The number of hydrogen-bond acceptors (Lipinski definition) is 15. The Hall–Kier alpha value is -1.94. The Morgan fingerprint density at radius 1 is 0.315 bits per heavy atom. The van der Waals surface area contributed by atoms with Gasteiger partial charge in [-0.15, -0.1) is 0 Å². The highest BCUT2D eigenvalue weighted by atomic mass is 31.2. The first kappa shape index (κ1) is 87.1. The molecule has 0 aliphatic rings. The lowest BCUT2D eigenvalue weighted by Gasteiger charge is -2.21. The van der Waals surface area contributed by atoms with Crippen LogP contribution in [-0.4, -0.2) is 96.7 Å². The van der Waals surface area contributed by atoms with Crippen LogP contribution in [0, 0.1) is 23.7 Å². The highest BCUT2D eigenvalue weighted by Crippen LogP contribution is 2.45. The van der Waals surface area contributed by atoms with Crippen LogP contribution < -0.4 is 0 Å². The molecule has 528 valence electrons. The van der Waals surface area contributed by atoms with Crippen molar-refractivity contribution in [2.75, 3.05) is 39.6 Å². The highest BCUT2D eigenvalue weighted by molar-refractivity contribution is 7.47. The summed E-state index contributed by atoms with van der Waals surface area (Å²) in [5.41, 5.74) is 0. The van der Waals surface area contributed by atoms with Crippen LogP contribution in [0.2, 0.25) is 0 Å². The maximum absolute atomic E-state index is 13.0. The Labute approximate surface area is 543 Å². The summed E-state index contributed by atoms with van der Waals surface area (Å²) in [6.45, 7) is 14.0. The van der Waals surface area contributed by atoms with Crippen LogP contribution in [0.25, 0.3) is 0 Å². The summed E-state index contributed by atoms with van der Waals surface area (Å²) in [5, 5.41) is 10.6. The fourth-order valence-electron chi connectivity index (χ4n) is 10.5. The minimum atomic E-state index is -4.95. The Morgan fingerprint density at radius 2 is 0.539 bits per heavy atom. The van der Waals surface area contributed by atoms with Crippen LogP contribution >= 0.6 is 15.6 Å². The molecule has 0 aliphatic heterocycles. The molecule has 0 aromatic carbocycles. The number of carbonyl (C=O) groups excluding carboxylic acids is 4. The first-order valence-electron chi connectivity index (χ1n) is 36.2. The van der Waals surface area contributed by atoms with Crippen molar-refractivity contribution in [3.05, 3.63) is 0 Å². The van der Waals surface area contributed by atoms with Gasteiger partial charge >= 0.3 is 39.5 Å². The third kappa shape index (κ3) is 63.2. The molecule has 0 aliphatic carbocycles. The van der Waals surface area contributed by atoms with Gasteiger partial charge in [-0.3, -0.25) is 37.3 Å². The van der Waals surface area contributed by atoms with E-state index in [-0.39, 0.29) is 25.7 Å². The van der Waals surface area contributed by atoms with E-state index >= 15 is 0 Å². The number of phosphoric ester groups is 2. The second-order valence-corrected chi connectivity index (χ2v) is 29.8. The molecular formula is C70H136O17P2. The van der Waals surface area contributed by atoms with Crippen molar-refractivity contribution in [2.24, 2.45) is 23.7 Å². The fourth-order valence-corrected chi connectivity index (χ4v) is 12.0. The summed E-state index contributed by atoms with van der Waals surface area (Å²) < 4.78 is 68.2. The number of esters is 4. The zero-order valence-electron chi connectivity index (χ0n) is 58.1. The van der Waals surface area contributed by atoms with Crippen molar-refractivity contribution in [1.82, 2.24) is 0 Å². The molecule has 0 saturated carbocycles. The SMILES string of the molecule is CCC(C)CCCCCCCCC(=O)OC[C@H](COP(=O)(O)OC[C@H](O)COP(=O)(O)OC[C@@H](COC(=O)CCCCCCCCCCCC(C)C)OC(=O)CCCCCCCCC(C)C)OC(=O)CCCCCCCCCCCCCCCCCC(C)C. The summed E-state index contributed by atoms with van der Waals surface area (Å²) >= 11 is 0. The van der Waals surface area contributed by atoms with E-state index in [0.29, 0.717) is 31.6 Å². The van der Waals surface area contributed by atoms with E-state index in [0.717, 1.165) is 114 Å². The summed E-state index contributed by atoms with van der Waals surface area (Å²) in [7, 11) is -9.90. The molecule has 0 aromatic heterocycles. The van der Waals surface area contributed by atoms with Crippen LogP contribution in [-0.2, 0) is 65.4 Å². The van der Waals surface area contributed by atoms with Gasteiger partial charge < -0.3 is 33.8 Å². The number of phosphoric acid groups is 2. The van der Waals surface area contributed by atoms with Crippen molar-refractivity contribution in [2.45, 2.75) is 363 Å². The van der Waals surface area contributed by atoms with Crippen LogP contribution in [0.1, 0.15) is 344 Å². The molecule has 0 aromatic rings. The van der Waals surface area contributed by atoms with Gasteiger partial charge in [-0.1, -0.05) is 293 Å². The number of hydrogen-bond donors (Lipinski definition) is 3. The average Bonchev–Trinajstić information content (AvgIpc) is 3.56. The monoisotopic (exact) mass is 1310 g/mol. The van der Waals surface area contributed by atoms with Crippen LogP contribution in [0.5, 0.6) is 0 Å². The maximum Gasteiger partial charge on any atom is 0.472 e. The Kier molecular flexibility index (Phi) is 58.5. The van der Waals surface area contributed by atoms with Gasteiger partial charge in [0.05, 0.1) is 26.4 Å². The topological polar surface area (TPSA) is 237 Å². The van der Waals surface area contributed by atoms with E-state index in [1.54, 1.807) is 0 Å². The van der Waals surface area contributed by atoms with Crippen LogP contribution in [0.3, 0.4) is 0 Å². The average molecular weight is 1310 g/mol. The van der Waals surface area contributed by atoms with Crippen LogP contribution in [0.4, 0.5) is 0 Å².